The Kier molecular flexibility index (Phi) is 2.99. The van der Waals surface area contributed by atoms with Crippen LogP contribution in [-0.2, 0) is 4.79 Å². The zero-order valence-electron chi connectivity index (χ0n) is 9.64. The summed E-state index contributed by atoms with van der Waals surface area (Å²) in [6.07, 6.45) is 0. The van der Waals surface area contributed by atoms with Gasteiger partial charge >= 0.3 is 0 Å². The summed E-state index contributed by atoms with van der Waals surface area (Å²) < 4.78 is 5.29. The normalized spacial score (nSPS) is 16.5. The van der Waals surface area contributed by atoms with E-state index in [4.69, 9.17) is 4.74 Å². The molecule has 1 aromatic carbocycles. The number of carbonyl (C=O) groups excluding carboxylic acids is 1. The van der Waals surface area contributed by atoms with Gasteiger partial charge in [0.05, 0.1) is 19.3 Å². The molecule has 0 bridgehead atoms. The lowest BCUT2D eigenvalue weighted by atomic mass is 10.2. The molecule has 2 rings (SSSR count). The molecular formula is C12H16N2O2. The quantitative estimate of drug-likeness (QED) is 0.744. The fraction of sp³-hybridized carbons (Fsp3) is 0.417. The summed E-state index contributed by atoms with van der Waals surface area (Å²) in [7, 11) is 3.48. The van der Waals surface area contributed by atoms with Gasteiger partial charge in [-0.1, -0.05) is 12.1 Å². The van der Waals surface area contributed by atoms with Crippen molar-refractivity contribution >= 4 is 11.6 Å². The second-order valence-electron chi connectivity index (χ2n) is 3.91. The third-order valence-corrected chi connectivity index (χ3v) is 2.88. The fourth-order valence-electron chi connectivity index (χ4n) is 1.86. The minimum Gasteiger partial charge on any atom is -0.495 e. The van der Waals surface area contributed by atoms with Crippen LogP contribution in [0.1, 0.15) is 0 Å². The molecule has 0 spiro atoms. The van der Waals surface area contributed by atoms with Crippen molar-refractivity contribution < 1.29 is 9.53 Å². The number of amides is 1. The van der Waals surface area contributed by atoms with Gasteiger partial charge in [0.2, 0.25) is 5.91 Å². The van der Waals surface area contributed by atoms with E-state index in [-0.39, 0.29) is 5.91 Å². The van der Waals surface area contributed by atoms with Crippen molar-refractivity contribution in [3.8, 4) is 5.75 Å². The molecule has 1 aromatic rings. The molecule has 4 nitrogen and oxygen atoms in total. The summed E-state index contributed by atoms with van der Waals surface area (Å²) in [6, 6.07) is 7.79. The fourth-order valence-corrected chi connectivity index (χ4v) is 1.86. The Balaban J connectivity index is 2.21. The van der Waals surface area contributed by atoms with E-state index < -0.39 is 0 Å². The van der Waals surface area contributed by atoms with Crippen LogP contribution in [0, 0.1) is 0 Å². The van der Waals surface area contributed by atoms with Crippen molar-refractivity contribution in [2.75, 3.05) is 38.7 Å². The number of anilines is 1. The lowest BCUT2D eigenvalue weighted by molar-refractivity contribution is -0.129. The van der Waals surface area contributed by atoms with Gasteiger partial charge in [0.1, 0.15) is 5.75 Å². The minimum atomic E-state index is 0.150. The predicted molar refractivity (Wildman–Crippen MR) is 62.8 cm³/mol. The van der Waals surface area contributed by atoms with E-state index in [1.807, 2.05) is 31.3 Å². The first-order valence-electron chi connectivity index (χ1n) is 5.34. The van der Waals surface area contributed by atoms with Gasteiger partial charge in [0.25, 0.3) is 0 Å². The van der Waals surface area contributed by atoms with Crippen LogP contribution in [0.4, 0.5) is 5.69 Å². The summed E-state index contributed by atoms with van der Waals surface area (Å²) in [5, 5.41) is 0. The number of methoxy groups -OCH3 is 1. The van der Waals surface area contributed by atoms with E-state index in [1.54, 1.807) is 12.0 Å². The van der Waals surface area contributed by atoms with Crippen molar-refractivity contribution in [2.24, 2.45) is 0 Å². The Bertz CT molecular complexity index is 392. The molecule has 0 N–H and O–H groups in total. The topological polar surface area (TPSA) is 32.8 Å². The second kappa shape index (κ2) is 4.43. The van der Waals surface area contributed by atoms with E-state index in [1.165, 1.54) is 0 Å². The Morgan fingerprint density at radius 1 is 1.25 bits per heavy atom. The van der Waals surface area contributed by atoms with E-state index in [0.29, 0.717) is 6.54 Å². The van der Waals surface area contributed by atoms with Crippen LogP contribution in [0.5, 0.6) is 5.75 Å². The monoisotopic (exact) mass is 220 g/mol. The van der Waals surface area contributed by atoms with Crippen LogP contribution in [-0.4, -0.2) is 44.6 Å². The van der Waals surface area contributed by atoms with Crippen molar-refractivity contribution in [3.05, 3.63) is 24.3 Å². The maximum absolute atomic E-state index is 11.6. The Labute approximate surface area is 95.4 Å². The van der Waals surface area contributed by atoms with Crippen LogP contribution in [0.2, 0.25) is 0 Å². The standard InChI is InChI=1S/C12H16N2O2/c1-13-7-8-14(9-12(13)15)10-5-3-4-6-11(10)16-2/h3-6H,7-9H2,1-2H3. The van der Waals surface area contributed by atoms with Crippen LogP contribution in [0.25, 0.3) is 0 Å². The highest BCUT2D eigenvalue weighted by atomic mass is 16.5. The maximum Gasteiger partial charge on any atom is 0.241 e. The number of hydrogen-bond donors (Lipinski definition) is 0. The molecule has 1 heterocycles. The molecule has 1 fully saturated rings. The third kappa shape index (κ3) is 1.96. The van der Waals surface area contributed by atoms with E-state index in [2.05, 4.69) is 4.90 Å². The smallest absolute Gasteiger partial charge is 0.241 e. The summed E-state index contributed by atoms with van der Waals surface area (Å²) in [5.74, 6) is 0.969. The summed E-state index contributed by atoms with van der Waals surface area (Å²) in [5.41, 5.74) is 0.992. The minimum absolute atomic E-state index is 0.150. The van der Waals surface area contributed by atoms with Crippen LogP contribution in [0.15, 0.2) is 24.3 Å². The summed E-state index contributed by atoms with van der Waals surface area (Å²) in [6.45, 7) is 2.04. The van der Waals surface area contributed by atoms with Gasteiger partial charge in [-0.25, -0.2) is 0 Å². The number of benzene rings is 1. The number of carbonyl (C=O) groups is 1. The predicted octanol–water partition coefficient (Wildman–Crippen LogP) is 0.974. The zero-order chi connectivity index (χ0) is 11.5. The molecule has 0 atom stereocenters. The first kappa shape index (κ1) is 10.8. The van der Waals surface area contributed by atoms with Crippen LogP contribution < -0.4 is 9.64 Å². The Morgan fingerprint density at radius 2 is 2.00 bits per heavy atom. The van der Waals surface area contributed by atoms with Crippen molar-refractivity contribution in [3.63, 3.8) is 0 Å². The Morgan fingerprint density at radius 3 is 2.69 bits per heavy atom. The first-order valence-corrected chi connectivity index (χ1v) is 5.34. The highest BCUT2D eigenvalue weighted by molar-refractivity contribution is 5.83. The number of piperazine rings is 1. The SMILES string of the molecule is COc1ccccc1N1CCN(C)C(=O)C1. The van der Waals surface area contributed by atoms with E-state index in [9.17, 15) is 4.79 Å². The number of para-hydroxylation sites is 2. The van der Waals surface area contributed by atoms with Crippen molar-refractivity contribution in [2.45, 2.75) is 0 Å². The molecule has 0 saturated carbocycles. The number of ether oxygens (including phenoxy) is 1. The largest absolute Gasteiger partial charge is 0.495 e. The average molecular weight is 220 g/mol. The molecule has 16 heavy (non-hydrogen) atoms. The second-order valence-corrected chi connectivity index (χ2v) is 3.91. The number of likely N-dealkylation sites (N-methyl/N-ethyl adjacent to an activating group) is 1. The van der Waals surface area contributed by atoms with Crippen LogP contribution >= 0.6 is 0 Å². The first-order chi connectivity index (χ1) is 7.72. The lowest BCUT2D eigenvalue weighted by Gasteiger charge is -2.34. The molecule has 0 unspecified atom stereocenters. The molecule has 0 radical (unpaired) electrons. The average Bonchev–Trinajstić information content (AvgIpc) is 2.32. The molecule has 86 valence electrons. The molecule has 1 amide bonds. The zero-order valence-corrected chi connectivity index (χ0v) is 9.64. The summed E-state index contributed by atoms with van der Waals surface area (Å²) in [4.78, 5) is 15.4. The molecular weight excluding hydrogens is 204 g/mol. The molecule has 0 aliphatic carbocycles. The van der Waals surface area contributed by atoms with E-state index >= 15 is 0 Å². The van der Waals surface area contributed by atoms with Gasteiger partial charge < -0.3 is 14.5 Å². The van der Waals surface area contributed by atoms with Gasteiger partial charge in [-0.3, -0.25) is 4.79 Å². The third-order valence-electron chi connectivity index (χ3n) is 2.88. The number of nitrogens with zero attached hydrogens (tertiary/aromatic N) is 2. The number of rotatable bonds is 2. The number of hydrogen-bond acceptors (Lipinski definition) is 3. The van der Waals surface area contributed by atoms with Gasteiger partial charge in [-0.15, -0.1) is 0 Å². The molecule has 1 saturated heterocycles. The van der Waals surface area contributed by atoms with Crippen molar-refractivity contribution in [1.82, 2.24) is 4.90 Å². The van der Waals surface area contributed by atoms with Gasteiger partial charge in [0.15, 0.2) is 0 Å². The highest BCUT2D eigenvalue weighted by Crippen LogP contribution is 2.28. The summed E-state index contributed by atoms with van der Waals surface area (Å²) >= 11 is 0. The molecule has 1 aliphatic heterocycles. The van der Waals surface area contributed by atoms with E-state index in [0.717, 1.165) is 24.5 Å². The molecule has 4 heteroatoms. The highest BCUT2D eigenvalue weighted by Gasteiger charge is 2.22. The van der Waals surface area contributed by atoms with Gasteiger partial charge in [-0.05, 0) is 12.1 Å². The maximum atomic E-state index is 11.6. The van der Waals surface area contributed by atoms with Crippen LogP contribution in [0.3, 0.4) is 0 Å². The van der Waals surface area contributed by atoms with Gasteiger partial charge in [-0.2, -0.15) is 0 Å². The van der Waals surface area contributed by atoms with Crippen molar-refractivity contribution in [1.29, 1.82) is 0 Å². The molecule has 1 aliphatic rings. The Hall–Kier alpha value is -1.71. The van der Waals surface area contributed by atoms with Gasteiger partial charge in [0, 0.05) is 20.1 Å². The molecule has 0 aromatic heterocycles. The lowest BCUT2D eigenvalue weighted by Crippen LogP contribution is -2.48.